The van der Waals surface area contributed by atoms with Crippen molar-refractivity contribution in [1.29, 1.82) is 0 Å². The average molecular weight is 271 g/mol. The van der Waals surface area contributed by atoms with Gasteiger partial charge in [-0.2, -0.15) is 0 Å². The van der Waals surface area contributed by atoms with Gasteiger partial charge >= 0.3 is 12.1 Å². The Balaban J connectivity index is 2.74. The number of amides is 1. The molecule has 0 radical (unpaired) electrons. The van der Waals surface area contributed by atoms with Crippen LogP contribution in [0.15, 0.2) is 0 Å². The van der Waals surface area contributed by atoms with E-state index in [1.54, 1.807) is 20.8 Å². The topological polar surface area (TPSA) is 66.8 Å². The van der Waals surface area contributed by atoms with Crippen molar-refractivity contribution in [3.63, 3.8) is 0 Å². The van der Waals surface area contributed by atoms with Gasteiger partial charge in [0, 0.05) is 13.1 Å². The van der Waals surface area contributed by atoms with Crippen LogP contribution in [-0.2, 0) is 9.53 Å². The molecule has 1 fully saturated rings. The van der Waals surface area contributed by atoms with Crippen LogP contribution in [0.1, 0.15) is 47.5 Å². The maximum atomic E-state index is 12.0. The summed E-state index contributed by atoms with van der Waals surface area (Å²) in [7, 11) is 0. The normalized spacial score (nSPS) is 23.8. The zero-order chi connectivity index (χ0) is 14.8. The number of carbonyl (C=O) groups excluding carboxylic acids is 1. The fraction of sp³-hybridized carbons (Fsp3) is 0.857. The van der Waals surface area contributed by atoms with E-state index in [1.807, 2.05) is 13.8 Å². The van der Waals surface area contributed by atoms with Crippen molar-refractivity contribution in [2.75, 3.05) is 13.1 Å². The number of hydrogen-bond acceptors (Lipinski definition) is 3. The van der Waals surface area contributed by atoms with Gasteiger partial charge in [-0.1, -0.05) is 13.8 Å². The Morgan fingerprint density at radius 1 is 1.37 bits per heavy atom. The van der Waals surface area contributed by atoms with Crippen molar-refractivity contribution in [3.8, 4) is 0 Å². The standard InChI is InChI=1S/C14H25NO4/c1-10(2)8-14(11(16)17)6-7-15(9-14)12(18)19-13(3,4)5/h10H,6-9H2,1-5H3,(H,16,17). The van der Waals surface area contributed by atoms with E-state index >= 15 is 0 Å². The molecule has 1 aliphatic heterocycles. The molecule has 0 aromatic heterocycles. The highest BCUT2D eigenvalue weighted by atomic mass is 16.6. The summed E-state index contributed by atoms with van der Waals surface area (Å²) in [5, 5.41) is 9.47. The number of carboxylic acid groups (broad SMARTS) is 1. The first kappa shape index (κ1) is 15.8. The minimum atomic E-state index is -0.814. The van der Waals surface area contributed by atoms with Crippen molar-refractivity contribution in [2.24, 2.45) is 11.3 Å². The Kier molecular flexibility index (Phi) is 4.48. The van der Waals surface area contributed by atoms with E-state index in [1.165, 1.54) is 4.90 Å². The van der Waals surface area contributed by atoms with E-state index < -0.39 is 23.1 Å². The van der Waals surface area contributed by atoms with Gasteiger partial charge in [0.2, 0.25) is 0 Å². The molecule has 0 aromatic carbocycles. The highest BCUT2D eigenvalue weighted by molar-refractivity contribution is 5.78. The predicted molar refractivity (Wildman–Crippen MR) is 71.9 cm³/mol. The molecular weight excluding hydrogens is 246 g/mol. The van der Waals surface area contributed by atoms with Crippen LogP contribution in [0.3, 0.4) is 0 Å². The lowest BCUT2D eigenvalue weighted by Gasteiger charge is -2.28. The Morgan fingerprint density at radius 3 is 2.37 bits per heavy atom. The third-order valence-electron chi connectivity index (χ3n) is 3.26. The molecule has 19 heavy (non-hydrogen) atoms. The van der Waals surface area contributed by atoms with Crippen molar-refractivity contribution in [1.82, 2.24) is 4.90 Å². The number of carboxylic acids is 1. The summed E-state index contributed by atoms with van der Waals surface area (Å²) >= 11 is 0. The van der Waals surface area contributed by atoms with E-state index in [4.69, 9.17) is 4.74 Å². The van der Waals surface area contributed by atoms with Crippen LogP contribution >= 0.6 is 0 Å². The number of likely N-dealkylation sites (tertiary alicyclic amines) is 1. The quantitative estimate of drug-likeness (QED) is 0.857. The maximum Gasteiger partial charge on any atom is 0.410 e. The number of ether oxygens (including phenoxy) is 1. The fourth-order valence-corrected chi connectivity index (χ4v) is 2.56. The second kappa shape index (κ2) is 5.39. The first-order valence-electron chi connectivity index (χ1n) is 6.77. The molecule has 1 atom stereocenters. The van der Waals surface area contributed by atoms with Crippen LogP contribution < -0.4 is 0 Å². The van der Waals surface area contributed by atoms with Gasteiger partial charge in [0.1, 0.15) is 5.60 Å². The zero-order valence-electron chi connectivity index (χ0n) is 12.5. The SMILES string of the molecule is CC(C)CC1(C(=O)O)CCN(C(=O)OC(C)(C)C)C1. The lowest BCUT2D eigenvalue weighted by Crippen LogP contribution is -2.40. The Morgan fingerprint density at radius 2 is 1.95 bits per heavy atom. The van der Waals surface area contributed by atoms with Crippen LogP contribution in [0.5, 0.6) is 0 Å². The second-order valence-electron chi connectivity index (χ2n) is 6.84. The monoisotopic (exact) mass is 271 g/mol. The van der Waals surface area contributed by atoms with Gasteiger partial charge in [-0.25, -0.2) is 4.79 Å². The van der Waals surface area contributed by atoms with Gasteiger partial charge in [-0.3, -0.25) is 4.79 Å². The van der Waals surface area contributed by atoms with E-state index in [0.29, 0.717) is 19.4 Å². The molecule has 1 unspecified atom stereocenters. The van der Waals surface area contributed by atoms with Crippen molar-refractivity contribution >= 4 is 12.1 Å². The lowest BCUT2D eigenvalue weighted by molar-refractivity contribution is -0.149. The highest BCUT2D eigenvalue weighted by Gasteiger charge is 2.47. The molecule has 1 N–H and O–H groups in total. The number of hydrogen-bond donors (Lipinski definition) is 1. The average Bonchev–Trinajstić information content (AvgIpc) is 2.59. The molecule has 110 valence electrons. The summed E-state index contributed by atoms with van der Waals surface area (Å²) in [6.45, 7) is 10.1. The molecular formula is C14H25NO4. The second-order valence-corrected chi connectivity index (χ2v) is 6.84. The van der Waals surface area contributed by atoms with Crippen LogP contribution in [0.25, 0.3) is 0 Å². The van der Waals surface area contributed by atoms with Crippen LogP contribution in [0.4, 0.5) is 4.79 Å². The smallest absolute Gasteiger partial charge is 0.410 e. The molecule has 1 rings (SSSR count). The summed E-state index contributed by atoms with van der Waals surface area (Å²) in [5.74, 6) is -0.526. The Labute approximate surface area is 114 Å². The number of nitrogens with zero attached hydrogens (tertiary/aromatic N) is 1. The predicted octanol–water partition coefficient (Wildman–Crippen LogP) is 2.74. The van der Waals surface area contributed by atoms with E-state index in [-0.39, 0.29) is 12.5 Å². The number of aliphatic carboxylic acids is 1. The zero-order valence-corrected chi connectivity index (χ0v) is 12.5. The lowest BCUT2D eigenvalue weighted by atomic mass is 9.79. The van der Waals surface area contributed by atoms with Crippen LogP contribution in [0, 0.1) is 11.3 Å². The number of carbonyl (C=O) groups is 2. The molecule has 1 amide bonds. The third-order valence-corrected chi connectivity index (χ3v) is 3.26. The molecule has 1 saturated heterocycles. The molecule has 0 saturated carbocycles. The largest absolute Gasteiger partial charge is 0.481 e. The molecule has 5 nitrogen and oxygen atoms in total. The van der Waals surface area contributed by atoms with Crippen molar-refractivity contribution < 1.29 is 19.4 Å². The first-order chi connectivity index (χ1) is 8.56. The van der Waals surface area contributed by atoms with Gasteiger partial charge in [-0.15, -0.1) is 0 Å². The first-order valence-corrected chi connectivity index (χ1v) is 6.77. The van der Waals surface area contributed by atoms with Crippen LogP contribution in [0.2, 0.25) is 0 Å². The Bertz CT molecular complexity index is 359. The van der Waals surface area contributed by atoms with E-state index in [9.17, 15) is 14.7 Å². The molecule has 0 aromatic rings. The van der Waals surface area contributed by atoms with E-state index in [2.05, 4.69) is 0 Å². The molecule has 0 spiro atoms. The molecule has 0 bridgehead atoms. The summed E-state index contributed by atoms with van der Waals surface area (Å²) in [6.07, 6.45) is 0.667. The van der Waals surface area contributed by atoms with Crippen molar-refractivity contribution in [2.45, 2.75) is 53.1 Å². The highest BCUT2D eigenvalue weighted by Crippen LogP contribution is 2.37. The summed E-state index contributed by atoms with van der Waals surface area (Å²) < 4.78 is 5.29. The maximum absolute atomic E-state index is 12.0. The van der Waals surface area contributed by atoms with Crippen molar-refractivity contribution in [3.05, 3.63) is 0 Å². The van der Waals surface area contributed by atoms with Gasteiger partial charge in [0.25, 0.3) is 0 Å². The fourth-order valence-electron chi connectivity index (χ4n) is 2.56. The minimum Gasteiger partial charge on any atom is -0.481 e. The summed E-state index contributed by atoms with van der Waals surface area (Å²) in [5.41, 5.74) is -1.37. The summed E-state index contributed by atoms with van der Waals surface area (Å²) in [6, 6.07) is 0. The molecule has 0 aliphatic carbocycles. The summed E-state index contributed by atoms with van der Waals surface area (Å²) in [4.78, 5) is 25.0. The number of rotatable bonds is 3. The van der Waals surface area contributed by atoms with E-state index in [0.717, 1.165) is 0 Å². The van der Waals surface area contributed by atoms with Gasteiger partial charge in [-0.05, 0) is 39.5 Å². The van der Waals surface area contributed by atoms with Gasteiger partial charge in [0.05, 0.1) is 5.41 Å². The van der Waals surface area contributed by atoms with Crippen LogP contribution in [-0.4, -0.2) is 40.8 Å². The Hall–Kier alpha value is -1.26. The molecule has 1 heterocycles. The minimum absolute atomic E-state index is 0.245. The molecule has 1 aliphatic rings. The molecule has 5 heteroatoms. The van der Waals surface area contributed by atoms with Gasteiger partial charge in [0.15, 0.2) is 0 Å². The van der Waals surface area contributed by atoms with Gasteiger partial charge < -0.3 is 14.7 Å². The third kappa shape index (κ3) is 4.11.